The van der Waals surface area contributed by atoms with Crippen LogP contribution in [0.2, 0.25) is 0 Å². The van der Waals surface area contributed by atoms with Crippen LogP contribution in [0.15, 0.2) is 0 Å². The van der Waals surface area contributed by atoms with E-state index in [0.29, 0.717) is 23.0 Å². The lowest BCUT2D eigenvalue weighted by Crippen LogP contribution is -2.10. The van der Waals surface area contributed by atoms with Crippen LogP contribution in [0.4, 0.5) is 0 Å². The molecule has 0 heterocycles. The van der Waals surface area contributed by atoms with Crippen molar-refractivity contribution in [3.05, 3.63) is 0 Å². The molecule has 0 aromatic carbocycles. The predicted molar refractivity (Wildman–Crippen MR) is 44.2 cm³/mol. The van der Waals surface area contributed by atoms with Gasteiger partial charge in [-0.1, -0.05) is 20.8 Å². The van der Waals surface area contributed by atoms with Gasteiger partial charge in [0.2, 0.25) is 0 Å². The van der Waals surface area contributed by atoms with E-state index in [9.17, 15) is 4.79 Å². The number of Topliss-reactive ketones (excluding diaryl/α,β-unsaturated/α-hetero) is 1. The summed E-state index contributed by atoms with van der Waals surface area (Å²) in [6.07, 6.45) is 2.19. The number of hydrogen-bond donors (Lipinski definition) is 0. The largest absolute Gasteiger partial charge is 0.299 e. The summed E-state index contributed by atoms with van der Waals surface area (Å²) in [6, 6.07) is 0. The van der Waals surface area contributed by atoms with Crippen molar-refractivity contribution >= 4 is 5.78 Å². The summed E-state index contributed by atoms with van der Waals surface area (Å²) < 4.78 is 0. The van der Waals surface area contributed by atoms with Gasteiger partial charge in [-0.3, -0.25) is 4.79 Å². The van der Waals surface area contributed by atoms with Crippen molar-refractivity contribution < 1.29 is 4.79 Å². The number of carbonyl (C=O) groups excluding carboxylic acids is 1. The SMILES string of the molecule is CC(C)[C@]12CC(=O)[C@H](C)[C@@H]1C2. The predicted octanol–water partition coefficient (Wildman–Crippen LogP) is 2.26. The van der Waals surface area contributed by atoms with Crippen LogP contribution in [0.25, 0.3) is 0 Å². The smallest absolute Gasteiger partial charge is 0.136 e. The van der Waals surface area contributed by atoms with Gasteiger partial charge in [-0.15, -0.1) is 0 Å². The molecule has 0 aromatic heterocycles. The fraction of sp³-hybridized carbons (Fsp3) is 0.900. The molecule has 0 unspecified atom stereocenters. The van der Waals surface area contributed by atoms with Gasteiger partial charge in [-0.2, -0.15) is 0 Å². The second kappa shape index (κ2) is 1.88. The Morgan fingerprint density at radius 2 is 2.18 bits per heavy atom. The summed E-state index contributed by atoms with van der Waals surface area (Å²) in [5, 5.41) is 0. The van der Waals surface area contributed by atoms with Gasteiger partial charge in [0.25, 0.3) is 0 Å². The Balaban J connectivity index is 2.20. The molecule has 0 aliphatic heterocycles. The van der Waals surface area contributed by atoms with Crippen molar-refractivity contribution in [1.29, 1.82) is 0 Å². The molecule has 2 aliphatic carbocycles. The molecule has 3 atom stereocenters. The van der Waals surface area contributed by atoms with Crippen LogP contribution in [-0.4, -0.2) is 5.78 Å². The van der Waals surface area contributed by atoms with Crippen LogP contribution < -0.4 is 0 Å². The highest BCUT2D eigenvalue weighted by Gasteiger charge is 2.64. The van der Waals surface area contributed by atoms with Gasteiger partial charge in [0, 0.05) is 12.3 Å². The lowest BCUT2D eigenvalue weighted by Gasteiger charge is -2.14. The van der Waals surface area contributed by atoms with E-state index in [1.54, 1.807) is 0 Å². The average Bonchev–Trinajstić information content (AvgIpc) is 2.57. The average molecular weight is 152 g/mol. The molecule has 2 rings (SSSR count). The van der Waals surface area contributed by atoms with E-state index in [1.165, 1.54) is 6.42 Å². The van der Waals surface area contributed by atoms with Crippen LogP contribution in [0.1, 0.15) is 33.6 Å². The molecule has 0 radical (unpaired) electrons. The van der Waals surface area contributed by atoms with Gasteiger partial charge in [-0.25, -0.2) is 0 Å². The Morgan fingerprint density at radius 1 is 1.55 bits per heavy atom. The summed E-state index contributed by atoms with van der Waals surface area (Å²) in [5.74, 6) is 2.34. The zero-order chi connectivity index (χ0) is 8.22. The topological polar surface area (TPSA) is 17.1 Å². The van der Waals surface area contributed by atoms with Crippen molar-refractivity contribution in [3.63, 3.8) is 0 Å². The van der Waals surface area contributed by atoms with E-state index < -0.39 is 0 Å². The number of carbonyl (C=O) groups is 1. The first-order chi connectivity index (χ1) is 5.08. The summed E-state index contributed by atoms with van der Waals surface area (Å²) in [5.41, 5.74) is 0.455. The third-order valence-corrected chi connectivity index (χ3v) is 3.94. The highest BCUT2D eigenvalue weighted by atomic mass is 16.1. The van der Waals surface area contributed by atoms with Crippen molar-refractivity contribution in [2.24, 2.45) is 23.2 Å². The third kappa shape index (κ3) is 0.743. The molecule has 0 saturated heterocycles. The second-order valence-corrected chi connectivity index (χ2v) is 4.63. The molecule has 62 valence electrons. The minimum atomic E-state index is 0.373. The Hall–Kier alpha value is -0.330. The third-order valence-electron chi connectivity index (χ3n) is 3.94. The van der Waals surface area contributed by atoms with Crippen molar-refractivity contribution in [2.75, 3.05) is 0 Å². The lowest BCUT2D eigenvalue weighted by atomic mass is 9.90. The lowest BCUT2D eigenvalue weighted by molar-refractivity contribution is -0.121. The maximum absolute atomic E-state index is 11.3. The summed E-state index contributed by atoms with van der Waals surface area (Å²) in [6.45, 7) is 6.61. The van der Waals surface area contributed by atoms with Crippen LogP contribution in [0.3, 0.4) is 0 Å². The fourth-order valence-corrected chi connectivity index (χ4v) is 2.81. The molecule has 1 heteroatoms. The van der Waals surface area contributed by atoms with E-state index in [2.05, 4.69) is 20.8 Å². The van der Waals surface area contributed by atoms with Gasteiger partial charge in [0.15, 0.2) is 0 Å². The number of fused-ring (bicyclic) bond motifs is 1. The first-order valence-electron chi connectivity index (χ1n) is 4.60. The Kier molecular flexibility index (Phi) is 1.25. The molecule has 2 aliphatic rings. The van der Waals surface area contributed by atoms with E-state index >= 15 is 0 Å². The van der Waals surface area contributed by atoms with E-state index in [0.717, 1.165) is 12.3 Å². The molecule has 0 amide bonds. The first kappa shape index (κ1) is 7.33. The van der Waals surface area contributed by atoms with Crippen LogP contribution in [-0.2, 0) is 4.79 Å². The van der Waals surface area contributed by atoms with E-state index in [-0.39, 0.29) is 0 Å². The standard InChI is InChI=1S/C10H16O/c1-6(2)10-4-8(10)7(3)9(11)5-10/h6-8H,4-5H2,1-3H3/t7-,8+,10+/m1/s1. The Morgan fingerprint density at radius 3 is 2.45 bits per heavy atom. The molecule has 2 saturated carbocycles. The molecule has 2 fully saturated rings. The summed E-state index contributed by atoms with van der Waals surface area (Å²) >= 11 is 0. The fourth-order valence-electron chi connectivity index (χ4n) is 2.81. The summed E-state index contributed by atoms with van der Waals surface area (Å²) in [7, 11) is 0. The van der Waals surface area contributed by atoms with Gasteiger partial charge >= 0.3 is 0 Å². The highest BCUT2D eigenvalue weighted by molar-refractivity contribution is 5.86. The molecular weight excluding hydrogens is 136 g/mol. The van der Waals surface area contributed by atoms with Gasteiger partial charge in [0.05, 0.1) is 0 Å². The van der Waals surface area contributed by atoms with Crippen molar-refractivity contribution in [1.82, 2.24) is 0 Å². The first-order valence-corrected chi connectivity index (χ1v) is 4.60. The molecule has 0 bridgehead atoms. The second-order valence-electron chi connectivity index (χ2n) is 4.63. The van der Waals surface area contributed by atoms with E-state index in [4.69, 9.17) is 0 Å². The Labute approximate surface area is 68.2 Å². The molecule has 1 nitrogen and oxygen atoms in total. The molecule has 0 spiro atoms. The molecule has 11 heavy (non-hydrogen) atoms. The Bertz CT molecular complexity index is 207. The maximum atomic E-state index is 11.3. The van der Waals surface area contributed by atoms with Crippen LogP contribution in [0.5, 0.6) is 0 Å². The normalized spacial score (nSPS) is 48.2. The number of hydrogen-bond acceptors (Lipinski definition) is 1. The van der Waals surface area contributed by atoms with Crippen LogP contribution in [0, 0.1) is 23.2 Å². The molecule has 0 aromatic rings. The van der Waals surface area contributed by atoms with Gasteiger partial charge in [-0.05, 0) is 23.7 Å². The minimum absolute atomic E-state index is 0.373. The minimum Gasteiger partial charge on any atom is -0.299 e. The van der Waals surface area contributed by atoms with Crippen molar-refractivity contribution in [2.45, 2.75) is 33.6 Å². The zero-order valence-electron chi connectivity index (χ0n) is 7.55. The van der Waals surface area contributed by atoms with Crippen molar-refractivity contribution in [3.8, 4) is 0 Å². The van der Waals surface area contributed by atoms with Gasteiger partial charge < -0.3 is 0 Å². The highest BCUT2D eigenvalue weighted by Crippen LogP contribution is 2.68. The number of ketones is 1. The number of rotatable bonds is 1. The monoisotopic (exact) mass is 152 g/mol. The van der Waals surface area contributed by atoms with Gasteiger partial charge in [0.1, 0.15) is 5.78 Å². The van der Waals surface area contributed by atoms with E-state index in [1.807, 2.05) is 0 Å². The molecular formula is C10H16O. The maximum Gasteiger partial charge on any atom is 0.136 e. The molecule has 0 N–H and O–H groups in total. The summed E-state index contributed by atoms with van der Waals surface area (Å²) in [4.78, 5) is 11.3. The van der Waals surface area contributed by atoms with Crippen LogP contribution >= 0.6 is 0 Å². The zero-order valence-corrected chi connectivity index (χ0v) is 7.55. The quantitative estimate of drug-likeness (QED) is 0.563.